The highest BCUT2D eigenvalue weighted by molar-refractivity contribution is 6.40. The van der Waals surface area contributed by atoms with Crippen LogP contribution in [0.4, 0.5) is 0 Å². The minimum Gasteiger partial charge on any atom is -0.481 e. The van der Waals surface area contributed by atoms with Crippen molar-refractivity contribution in [3.8, 4) is 0 Å². The second kappa shape index (κ2) is 5.49. The molecule has 2 atom stereocenters. The monoisotopic (exact) mass is 215 g/mol. The lowest BCUT2D eigenvalue weighted by Gasteiger charge is -2.13. The number of carboxylic acids is 1. The lowest BCUT2D eigenvalue weighted by molar-refractivity contribution is -0.142. The summed E-state index contributed by atoms with van der Waals surface area (Å²) in [6, 6.07) is 0. The maximum Gasteiger partial charge on any atom is 0.451 e. The number of carboxylic acid groups (broad SMARTS) is 1. The summed E-state index contributed by atoms with van der Waals surface area (Å²) in [7, 11) is 0.643. The largest absolute Gasteiger partial charge is 0.481 e. The molecule has 1 aliphatic heterocycles. The van der Waals surface area contributed by atoms with Gasteiger partial charge in [-0.1, -0.05) is 6.42 Å². The van der Waals surface area contributed by atoms with Crippen LogP contribution in [0.3, 0.4) is 0 Å². The van der Waals surface area contributed by atoms with Gasteiger partial charge in [-0.05, 0) is 25.7 Å². The van der Waals surface area contributed by atoms with Crippen LogP contribution >= 0.6 is 0 Å². The van der Waals surface area contributed by atoms with Gasteiger partial charge in [0.15, 0.2) is 0 Å². The molecule has 0 amide bonds. The molecule has 0 bridgehead atoms. The summed E-state index contributed by atoms with van der Waals surface area (Å²) in [5.74, 6) is -0.897. The molecule has 1 aliphatic rings. The third-order valence-corrected chi connectivity index (χ3v) is 2.98. The maximum absolute atomic E-state index is 10.9. The molecule has 0 aliphatic carbocycles. The summed E-state index contributed by atoms with van der Waals surface area (Å²) in [5.41, 5.74) is 0. The van der Waals surface area contributed by atoms with Crippen molar-refractivity contribution < 1.29 is 19.9 Å². The Kier molecular flexibility index (Phi) is 4.57. The van der Waals surface area contributed by atoms with Crippen LogP contribution in [0.5, 0.6) is 0 Å². The summed E-state index contributed by atoms with van der Waals surface area (Å²) >= 11 is 0. The van der Waals surface area contributed by atoms with Crippen molar-refractivity contribution in [2.75, 3.05) is 20.1 Å². The normalized spacial score (nSPS) is 26.9. The second-order valence-electron chi connectivity index (χ2n) is 4.34. The van der Waals surface area contributed by atoms with Crippen molar-refractivity contribution in [2.24, 2.45) is 11.8 Å². The van der Waals surface area contributed by atoms with Gasteiger partial charge in [0.25, 0.3) is 0 Å². The molecule has 0 aromatic heterocycles. The SMILES string of the molecule is CN1CC(C(=O)O)[C@@H](CCCB(O)O)C1. The van der Waals surface area contributed by atoms with Gasteiger partial charge in [0.05, 0.1) is 5.92 Å². The molecule has 5 nitrogen and oxygen atoms in total. The summed E-state index contributed by atoms with van der Waals surface area (Å²) < 4.78 is 0. The van der Waals surface area contributed by atoms with E-state index in [1.165, 1.54) is 0 Å². The highest BCUT2D eigenvalue weighted by atomic mass is 16.4. The number of aliphatic carboxylic acids is 1. The first-order valence-corrected chi connectivity index (χ1v) is 5.28. The summed E-state index contributed by atoms with van der Waals surface area (Å²) in [6.45, 7) is 1.39. The van der Waals surface area contributed by atoms with E-state index in [2.05, 4.69) is 0 Å². The molecule has 1 fully saturated rings. The van der Waals surface area contributed by atoms with Crippen molar-refractivity contribution in [3.63, 3.8) is 0 Å². The molecule has 1 rings (SSSR count). The molecule has 1 saturated heterocycles. The fraction of sp³-hybridized carbons (Fsp3) is 0.889. The Morgan fingerprint density at radius 1 is 1.47 bits per heavy atom. The highest BCUT2D eigenvalue weighted by Gasteiger charge is 2.35. The van der Waals surface area contributed by atoms with Crippen LogP contribution in [0.25, 0.3) is 0 Å². The third kappa shape index (κ3) is 3.81. The molecule has 15 heavy (non-hydrogen) atoms. The van der Waals surface area contributed by atoms with Gasteiger partial charge in [-0.15, -0.1) is 0 Å². The zero-order valence-corrected chi connectivity index (χ0v) is 8.96. The first-order chi connectivity index (χ1) is 7.00. The molecule has 0 saturated carbocycles. The molecule has 0 aromatic carbocycles. The van der Waals surface area contributed by atoms with E-state index < -0.39 is 13.1 Å². The number of hydrogen-bond donors (Lipinski definition) is 3. The predicted molar refractivity (Wildman–Crippen MR) is 56.3 cm³/mol. The molecule has 86 valence electrons. The van der Waals surface area contributed by atoms with Crippen LogP contribution in [-0.2, 0) is 4.79 Å². The van der Waals surface area contributed by atoms with Gasteiger partial charge in [-0.25, -0.2) is 0 Å². The van der Waals surface area contributed by atoms with Crippen molar-refractivity contribution in [2.45, 2.75) is 19.2 Å². The van der Waals surface area contributed by atoms with Crippen LogP contribution in [0, 0.1) is 11.8 Å². The Labute approximate surface area is 89.8 Å². The molecule has 0 spiro atoms. The first-order valence-electron chi connectivity index (χ1n) is 5.28. The van der Waals surface area contributed by atoms with E-state index in [1.807, 2.05) is 11.9 Å². The number of hydrogen-bond acceptors (Lipinski definition) is 4. The Morgan fingerprint density at radius 2 is 2.13 bits per heavy atom. The lowest BCUT2D eigenvalue weighted by atomic mass is 9.80. The number of carbonyl (C=O) groups is 1. The first kappa shape index (κ1) is 12.5. The van der Waals surface area contributed by atoms with Crippen molar-refractivity contribution in [1.82, 2.24) is 4.90 Å². The smallest absolute Gasteiger partial charge is 0.451 e. The molecule has 0 aromatic rings. The zero-order valence-electron chi connectivity index (χ0n) is 8.96. The van der Waals surface area contributed by atoms with Gasteiger partial charge >= 0.3 is 13.1 Å². The van der Waals surface area contributed by atoms with Crippen LogP contribution < -0.4 is 0 Å². The number of likely N-dealkylation sites (tertiary alicyclic amines) is 1. The predicted octanol–water partition coefficient (Wildman–Crippen LogP) is -0.498. The Bertz CT molecular complexity index is 224. The van der Waals surface area contributed by atoms with E-state index in [-0.39, 0.29) is 11.8 Å². The second-order valence-corrected chi connectivity index (χ2v) is 4.34. The Morgan fingerprint density at radius 3 is 2.67 bits per heavy atom. The van der Waals surface area contributed by atoms with E-state index in [4.69, 9.17) is 15.2 Å². The van der Waals surface area contributed by atoms with Crippen molar-refractivity contribution in [1.29, 1.82) is 0 Å². The molecule has 1 unspecified atom stereocenters. The molecular formula is C9H18BNO4. The van der Waals surface area contributed by atoms with Crippen LogP contribution in [0.15, 0.2) is 0 Å². The van der Waals surface area contributed by atoms with Gasteiger partial charge in [0, 0.05) is 13.1 Å². The Hall–Kier alpha value is -0.585. The van der Waals surface area contributed by atoms with Crippen LogP contribution in [0.2, 0.25) is 6.32 Å². The minimum atomic E-state index is -1.27. The summed E-state index contributed by atoms with van der Waals surface area (Å²) in [4.78, 5) is 12.9. The molecule has 1 heterocycles. The quantitative estimate of drug-likeness (QED) is 0.539. The van der Waals surface area contributed by atoms with Crippen LogP contribution in [0.1, 0.15) is 12.8 Å². The summed E-state index contributed by atoms with van der Waals surface area (Å²) in [6.07, 6.45) is 1.74. The summed E-state index contributed by atoms with van der Waals surface area (Å²) in [5, 5.41) is 26.3. The van der Waals surface area contributed by atoms with E-state index in [9.17, 15) is 4.79 Å². The maximum atomic E-state index is 10.9. The van der Waals surface area contributed by atoms with E-state index in [0.29, 0.717) is 19.3 Å². The van der Waals surface area contributed by atoms with Crippen molar-refractivity contribution in [3.05, 3.63) is 0 Å². The Balaban J connectivity index is 2.35. The van der Waals surface area contributed by atoms with E-state index in [0.717, 1.165) is 13.0 Å². The third-order valence-electron chi connectivity index (χ3n) is 2.98. The topological polar surface area (TPSA) is 81.0 Å². The van der Waals surface area contributed by atoms with Gasteiger partial charge in [-0.2, -0.15) is 0 Å². The zero-order chi connectivity index (χ0) is 11.4. The minimum absolute atomic E-state index is 0.145. The number of nitrogens with zero attached hydrogens (tertiary/aromatic N) is 1. The van der Waals surface area contributed by atoms with Gasteiger partial charge < -0.3 is 20.1 Å². The van der Waals surface area contributed by atoms with Gasteiger partial charge in [0.2, 0.25) is 0 Å². The molecule has 3 N–H and O–H groups in total. The highest BCUT2D eigenvalue weighted by Crippen LogP contribution is 2.27. The lowest BCUT2D eigenvalue weighted by Crippen LogP contribution is -2.22. The van der Waals surface area contributed by atoms with Gasteiger partial charge in [0.1, 0.15) is 0 Å². The number of rotatable bonds is 5. The van der Waals surface area contributed by atoms with E-state index >= 15 is 0 Å². The van der Waals surface area contributed by atoms with Crippen LogP contribution in [-0.4, -0.2) is 53.3 Å². The molecular weight excluding hydrogens is 197 g/mol. The molecule has 6 heteroatoms. The average Bonchev–Trinajstić information content (AvgIpc) is 2.46. The van der Waals surface area contributed by atoms with Crippen molar-refractivity contribution >= 4 is 13.1 Å². The molecule has 0 radical (unpaired) electrons. The van der Waals surface area contributed by atoms with E-state index in [1.54, 1.807) is 0 Å². The fourth-order valence-corrected chi connectivity index (χ4v) is 2.22. The van der Waals surface area contributed by atoms with Gasteiger partial charge in [-0.3, -0.25) is 4.79 Å². The standard InChI is InChI=1S/C9H18BNO4/c1-11-5-7(3-2-4-10(14)15)8(6-11)9(12)13/h7-8,14-15H,2-6H2,1H3,(H,12,13)/t7-,8?/m0/s1. The average molecular weight is 215 g/mol. The fourth-order valence-electron chi connectivity index (χ4n) is 2.22.